The number of benzene rings is 1. The quantitative estimate of drug-likeness (QED) is 0.599. The second-order valence-corrected chi connectivity index (χ2v) is 8.51. The van der Waals surface area contributed by atoms with E-state index in [1.54, 1.807) is 23.9 Å². The standard InChI is InChI=1S/C20H20N2O3S2/c1-12-3-8-15-16(10-21)19(27-17(15)9-12)22-18(23)11-25-20(24)13-4-6-14(26-2)7-5-13/h4-7,12H,3,8-9,11H2,1-2H3,(H,22,23)/t12-/m0/s1. The molecule has 3 rings (SSSR count). The molecule has 0 saturated carbocycles. The maximum Gasteiger partial charge on any atom is 0.338 e. The molecule has 27 heavy (non-hydrogen) atoms. The second kappa shape index (κ2) is 8.59. The Balaban J connectivity index is 1.61. The summed E-state index contributed by atoms with van der Waals surface area (Å²) in [5.74, 6) is -0.394. The highest BCUT2D eigenvalue weighted by atomic mass is 32.2. The summed E-state index contributed by atoms with van der Waals surface area (Å²) in [6.45, 7) is 1.81. The first kappa shape index (κ1) is 19.5. The molecule has 0 radical (unpaired) electrons. The van der Waals surface area contributed by atoms with Crippen LogP contribution in [0, 0.1) is 17.2 Å². The molecule has 1 atom stereocenters. The Labute approximate surface area is 166 Å². The highest BCUT2D eigenvalue weighted by molar-refractivity contribution is 7.98. The number of nitrogens with zero attached hydrogens (tertiary/aromatic N) is 1. The van der Waals surface area contributed by atoms with E-state index in [4.69, 9.17) is 4.74 Å². The third-order valence-electron chi connectivity index (χ3n) is 4.54. The molecule has 0 saturated heterocycles. The van der Waals surface area contributed by atoms with Gasteiger partial charge < -0.3 is 10.1 Å². The molecule has 140 valence electrons. The molecule has 0 aliphatic heterocycles. The first-order chi connectivity index (χ1) is 13.0. The van der Waals surface area contributed by atoms with E-state index in [-0.39, 0.29) is 6.61 Å². The zero-order valence-corrected chi connectivity index (χ0v) is 16.8. The van der Waals surface area contributed by atoms with E-state index < -0.39 is 11.9 Å². The first-order valence-electron chi connectivity index (χ1n) is 8.67. The zero-order valence-electron chi connectivity index (χ0n) is 15.2. The maximum atomic E-state index is 12.2. The topological polar surface area (TPSA) is 79.2 Å². The summed E-state index contributed by atoms with van der Waals surface area (Å²) in [5, 5.41) is 12.8. The van der Waals surface area contributed by atoms with Crippen molar-refractivity contribution in [2.24, 2.45) is 5.92 Å². The van der Waals surface area contributed by atoms with Crippen LogP contribution in [0.4, 0.5) is 5.00 Å². The maximum absolute atomic E-state index is 12.2. The SMILES string of the molecule is CSc1ccc(C(=O)OCC(=O)Nc2sc3c(c2C#N)CC[C@H](C)C3)cc1. The highest BCUT2D eigenvalue weighted by Crippen LogP contribution is 2.39. The summed E-state index contributed by atoms with van der Waals surface area (Å²) in [4.78, 5) is 26.5. The van der Waals surface area contributed by atoms with E-state index in [0.717, 1.165) is 29.7 Å². The molecule has 5 nitrogen and oxygen atoms in total. The summed E-state index contributed by atoms with van der Waals surface area (Å²) >= 11 is 3.04. The normalized spacial score (nSPS) is 15.5. The summed E-state index contributed by atoms with van der Waals surface area (Å²) < 4.78 is 5.09. The number of thioether (sulfide) groups is 1. The molecule has 1 amide bonds. The van der Waals surface area contributed by atoms with Crippen LogP contribution in [0.15, 0.2) is 29.2 Å². The van der Waals surface area contributed by atoms with Gasteiger partial charge in [0.2, 0.25) is 0 Å². The smallest absolute Gasteiger partial charge is 0.338 e. The predicted octanol–water partition coefficient (Wildman–Crippen LogP) is 4.26. The van der Waals surface area contributed by atoms with Crippen LogP contribution < -0.4 is 5.32 Å². The third-order valence-corrected chi connectivity index (χ3v) is 6.45. The van der Waals surface area contributed by atoms with Crippen LogP contribution in [0.1, 0.15) is 39.7 Å². The van der Waals surface area contributed by atoms with Crippen molar-refractivity contribution < 1.29 is 14.3 Å². The van der Waals surface area contributed by atoms with E-state index in [1.807, 2.05) is 18.4 Å². The number of hydrogen-bond donors (Lipinski definition) is 1. The van der Waals surface area contributed by atoms with Gasteiger partial charge in [0.15, 0.2) is 6.61 Å². The molecule has 2 aromatic rings. The van der Waals surface area contributed by atoms with Crippen molar-refractivity contribution >= 4 is 40.0 Å². The van der Waals surface area contributed by atoms with Gasteiger partial charge in [-0.05, 0) is 61.3 Å². The minimum Gasteiger partial charge on any atom is -0.452 e. The van der Waals surface area contributed by atoms with E-state index in [9.17, 15) is 14.9 Å². The fraction of sp³-hybridized carbons (Fsp3) is 0.350. The van der Waals surface area contributed by atoms with E-state index in [0.29, 0.717) is 22.0 Å². The minimum absolute atomic E-state index is 0.382. The van der Waals surface area contributed by atoms with Crippen LogP contribution in [0.25, 0.3) is 0 Å². The van der Waals surface area contributed by atoms with Crippen molar-refractivity contribution in [2.75, 3.05) is 18.2 Å². The Morgan fingerprint density at radius 2 is 2.11 bits per heavy atom. The average Bonchev–Trinajstić information content (AvgIpc) is 3.01. The average molecular weight is 401 g/mol. The Hall–Kier alpha value is -2.30. The van der Waals surface area contributed by atoms with Crippen LogP contribution >= 0.6 is 23.1 Å². The van der Waals surface area contributed by atoms with Gasteiger partial charge in [0.05, 0.1) is 11.1 Å². The number of carbonyl (C=O) groups excluding carboxylic acids is 2. The molecule has 0 spiro atoms. The van der Waals surface area contributed by atoms with E-state index in [1.165, 1.54) is 16.2 Å². The van der Waals surface area contributed by atoms with Gasteiger partial charge in [-0.25, -0.2) is 4.79 Å². The molecular formula is C20H20N2O3S2. The number of fused-ring (bicyclic) bond motifs is 1. The van der Waals surface area contributed by atoms with Crippen molar-refractivity contribution in [3.05, 3.63) is 45.8 Å². The Morgan fingerprint density at radius 1 is 1.37 bits per heavy atom. The summed E-state index contributed by atoms with van der Waals surface area (Å²) in [6.07, 6.45) is 4.81. The van der Waals surface area contributed by atoms with Gasteiger partial charge in [-0.1, -0.05) is 6.92 Å². The zero-order chi connectivity index (χ0) is 19.4. The Bertz CT molecular complexity index is 897. The number of rotatable bonds is 5. The summed E-state index contributed by atoms with van der Waals surface area (Å²) in [5.41, 5.74) is 2.01. The summed E-state index contributed by atoms with van der Waals surface area (Å²) in [6, 6.07) is 9.22. The van der Waals surface area contributed by atoms with E-state index in [2.05, 4.69) is 18.3 Å². The van der Waals surface area contributed by atoms with Crippen LogP contribution in [0.3, 0.4) is 0 Å². The largest absolute Gasteiger partial charge is 0.452 e. The number of esters is 1. The van der Waals surface area contributed by atoms with Gasteiger partial charge in [0.1, 0.15) is 11.1 Å². The van der Waals surface area contributed by atoms with Gasteiger partial charge in [0, 0.05) is 9.77 Å². The van der Waals surface area contributed by atoms with Crippen molar-refractivity contribution in [3.8, 4) is 6.07 Å². The van der Waals surface area contributed by atoms with Crippen LogP contribution in [-0.2, 0) is 22.4 Å². The molecule has 1 aromatic heterocycles. The molecule has 0 bridgehead atoms. The minimum atomic E-state index is -0.544. The molecule has 0 fully saturated rings. The molecule has 7 heteroatoms. The third kappa shape index (κ3) is 4.52. The van der Waals surface area contributed by atoms with Crippen LogP contribution in [0.5, 0.6) is 0 Å². The predicted molar refractivity (Wildman–Crippen MR) is 107 cm³/mol. The Morgan fingerprint density at radius 3 is 2.78 bits per heavy atom. The van der Waals surface area contributed by atoms with Crippen molar-refractivity contribution in [1.29, 1.82) is 5.26 Å². The molecule has 1 heterocycles. The monoisotopic (exact) mass is 400 g/mol. The molecule has 1 N–H and O–H groups in total. The van der Waals surface area contributed by atoms with Crippen LogP contribution in [-0.4, -0.2) is 24.7 Å². The number of hydrogen-bond acceptors (Lipinski definition) is 6. The number of amides is 1. The lowest BCUT2D eigenvalue weighted by Crippen LogP contribution is -2.20. The molecule has 1 aromatic carbocycles. The lowest BCUT2D eigenvalue weighted by molar-refractivity contribution is -0.119. The van der Waals surface area contributed by atoms with E-state index >= 15 is 0 Å². The highest BCUT2D eigenvalue weighted by Gasteiger charge is 2.24. The van der Waals surface area contributed by atoms with Gasteiger partial charge in [0.25, 0.3) is 5.91 Å². The fourth-order valence-corrected chi connectivity index (χ4v) is 4.85. The molecular weight excluding hydrogens is 380 g/mol. The second-order valence-electron chi connectivity index (χ2n) is 6.52. The molecule has 0 unspecified atom stereocenters. The van der Waals surface area contributed by atoms with Crippen molar-refractivity contribution in [3.63, 3.8) is 0 Å². The lowest BCUT2D eigenvalue weighted by Gasteiger charge is -2.17. The number of nitrogens with one attached hydrogen (secondary N) is 1. The summed E-state index contributed by atoms with van der Waals surface area (Å²) in [7, 11) is 0. The number of nitriles is 1. The van der Waals surface area contributed by atoms with Gasteiger partial charge in [-0.3, -0.25) is 4.79 Å². The van der Waals surface area contributed by atoms with Gasteiger partial charge in [-0.2, -0.15) is 5.26 Å². The molecule has 1 aliphatic carbocycles. The first-order valence-corrected chi connectivity index (χ1v) is 10.7. The number of anilines is 1. The van der Waals surface area contributed by atoms with Gasteiger partial charge in [-0.15, -0.1) is 23.1 Å². The van der Waals surface area contributed by atoms with Crippen LogP contribution in [0.2, 0.25) is 0 Å². The van der Waals surface area contributed by atoms with Crippen molar-refractivity contribution in [2.45, 2.75) is 31.1 Å². The number of thiophene rings is 1. The van der Waals surface area contributed by atoms with Crippen molar-refractivity contribution in [1.82, 2.24) is 0 Å². The fourth-order valence-electron chi connectivity index (χ4n) is 3.06. The molecule has 1 aliphatic rings. The number of carbonyl (C=O) groups is 2. The van der Waals surface area contributed by atoms with Gasteiger partial charge >= 0.3 is 5.97 Å². The number of ether oxygens (including phenoxy) is 1. The Kier molecular flexibility index (Phi) is 6.19. The lowest BCUT2D eigenvalue weighted by atomic mass is 9.89.